The van der Waals surface area contributed by atoms with Crippen LogP contribution in [0.4, 0.5) is 0 Å². The Kier molecular flexibility index (Phi) is 5.30. The Bertz CT molecular complexity index is 803. The summed E-state index contributed by atoms with van der Waals surface area (Å²) >= 11 is 7.65. The van der Waals surface area contributed by atoms with Crippen LogP contribution in [0.1, 0.15) is 24.9 Å². The van der Waals surface area contributed by atoms with Crippen molar-refractivity contribution in [1.29, 1.82) is 0 Å². The zero-order valence-corrected chi connectivity index (χ0v) is 15.3. The third-order valence-corrected chi connectivity index (χ3v) is 5.11. The molecular weight excluding hydrogens is 360 g/mol. The van der Waals surface area contributed by atoms with Crippen molar-refractivity contribution in [2.24, 2.45) is 4.99 Å². The number of carbonyl (C=O) groups excluding carboxylic acids is 2. The highest BCUT2D eigenvalue weighted by Crippen LogP contribution is 2.40. The van der Waals surface area contributed by atoms with E-state index in [2.05, 4.69) is 11.6 Å². The van der Waals surface area contributed by atoms with Crippen molar-refractivity contribution in [3.05, 3.63) is 58.8 Å². The molecule has 130 valence electrons. The van der Waals surface area contributed by atoms with E-state index in [0.29, 0.717) is 33.6 Å². The molecule has 2 heterocycles. The monoisotopic (exact) mass is 376 g/mol. The van der Waals surface area contributed by atoms with Gasteiger partial charge in [0.2, 0.25) is 5.91 Å². The Labute approximate surface area is 155 Å². The molecule has 0 N–H and O–H groups in total. The first kappa shape index (κ1) is 17.8. The molecule has 7 heteroatoms. The lowest BCUT2D eigenvalue weighted by Crippen LogP contribution is -2.45. The number of fused-ring (bicyclic) bond motifs is 1. The third kappa shape index (κ3) is 3.50. The number of carbonyl (C=O) groups is 2. The molecule has 0 radical (unpaired) electrons. The number of hydrogen-bond acceptors (Lipinski definition) is 5. The zero-order chi connectivity index (χ0) is 18.0. The number of nitrogens with zero attached hydrogens (tertiary/aromatic N) is 2. The summed E-state index contributed by atoms with van der Waals surface area (Å²) in [5.41, 5.74) is 1.65. The van der Waals surface area contributed by atoms with Crippen LogP contribution in [0.25, 0.3) is 0 Å². The van der Waals surface area contributed by atoms with Crippen LogP contribution in [0.15, 0.2) is 53.2 Å². The van der Waals surface area contributed by atoms with E-state index in [4.69, 9.17) is 16.3 Å². The van der Waals surface area contributed by atoms with Gasteiger partial charge in [-0.1, -0.05) is 48.2 Å². The largest absolute Gasteiger partial charge is 0.458 e. The summed E-state index contributed by atoms with van der Waals surface area (Å²) < 4.78 is 5.24. The summed E-state index contributed by atoms with van der Waals surface area (Å²) in [5.74, 6) is 0.109. The Hall–Kier alpha value is -2.05. The van der Waals surface area contributed by atoms with Gasteiger partial charge in [-0.2, -0.15) is 0 Å². The fourth-order valence-corrected chi connectivity index (χ4v) is 4.07. The predicted octanol–water partition coefficient (Wildman–Crippen LogP) is 3.72. The van der Waals surface area contributed by atoms with Gasteiger partial charge < -0.3 is 4.74 Å². The number of aliphatic imine (C=N–C) groups is 1. The van der Waals surface area contributed by atoms with Gasteiger partial charge in [-0.05, 0) is 24.6 Å². The standard InChI is InChI=1S/C18H17ClN2O3S/c1-3-8-24-17(23)15-11(2)20-18-21(14(22)7-9-25-18)16(15)12-5-4-6-13(19)10-12/h3-6,10,16H,1,7-9H2,2H3/t16-/m1/s1. The van der Waals surface area contributed by atoms with Crippen molar-refractivity contribution in [2.45, 2.75) is 19.4 Å². The minimum Gasteiger partial charge on any atom is -0.458 e. The Morgan fingerprint density at radius 1 is 1.56 bits per heavy atom. The summed E-state index contributed by atoms with van der Waals surface area (Å²) in [6.45, 7) is 5.41. The lowest BCUT2D eigenvalue weighted by molar-refractivity contribution is -0.139. The van der Waals surface area contributed by atoms with Crippen molar-refractivity contribution in [3.63, 3.8) is 0 Å². The normalized spacial score (nSPS) is 20.1. The molecule has 0 saturated carbocycles. The van der Waals surface area contributed by atoms with Gasteiger partial charge in [-0.15, -0.1) is 0 Å². The van der Waals surface area contributed by atoms with Crippen LogP contribution < -0.4 is 0 Å². The van der Waals surface area contributed by atoms with E-state index >= 15 is 0 Å². The smallest absolute Gasteiger partial charge is 0.338 e. The molecule has 1 saturated heterocycles. The van der Waals surface area contributed by atoms with E-state index in [9.17, 15) is 9.59 Å². The fraction of sp³-hybridized carbons (Fsp3) is 0.278. The van der Waals surface area contributed by atoms with Crippen LogP contribution in [0.3, 0.4) is 0 Å². The van der Waals surface area contributed by atoms with Gasteiger partial charge in [0, 0.05) is 17.2 Å². The quantitative estimate of drug-likeness (QED) is 0.593. The fourth-order valence-electron chi connectivity index (χ4n) is 2.86. The van der Waals surface area contributed by atoms with Gasteiger partial charge in [0.1, 0.15) is 6.61 Å². The number of benzene rings is 1. The lowest BCUT2D eigenvalue weighted by atomic mass is 9.94. The van der Waals surface area contributed by atoms with Gasteiger partial charge in [-0.3, -0.25) is 9.69 Å². The van der Waals surface area contributed by atoms with Crippen molar-refractivity contribution in [2.75, 3.05) is 12.4 Å². The number of halogens is 1. The molecule has 1 atom stereocenters. The average molecular weight is 377 g/mol. The molecule has 2 aliphatic heterocycles. The second-order valence-electron chi connectivity index (χ2n) is 5.60. The number of allylic oxidation sites excluding steroid dienone is 1. The molecule has 0 aromatic heterocycles. The zero-order valence-electron chi connectivity index (χ0n) is 13.7. The molecule has 0 unspecified atom stereocenters. The van der Waals surface area contributed by atoms with E-state index in [-0.39, 0.29) is 12.5 Å². The minimum atomic E-state index is -0.594. The SMILES string of the molecule is C=CCOC(=O)C1=C(C)N=C2SCCC(=O)N2[C@@H]1c1cccc(Cl)c1. The summed E-state index contributed by atoms with van der Waals surface area (Å²) in [5, 5.41) is 1.15. The summed E-state index contributed by atoms with van der Waals surface area (Å²) in [6, 6.07) is 6.56. The lowest BCUT2D eigenvalue weighted by Gasteiger charge is -2.38. The molecule has 1 aromatic carbocycles. The molecule has 3 rings (SSSR count). The Morgan fingerprint density at radius 2 is 2.36 bits per heavy atom. The van der Waals surface area contributed by atoms with Crippen molar-refractivity contribution < 1.29 is 14.3 Å². The Morgan fingerprint density at radius 3 is 3.08 bits per heavy atom. The average Bonchev–Trinajstić information content (AvgIpc) is 2.58. The van der Waals surface area contributed by atoms with Gasteiger partial charge in [0.25, 0.3) is 0 Å². The van der Waals surface area contributed by atoms with Crippen LogP contribution in [0.5, 0.6) is 0 Å². The van der Waals surface area contributed by atoms with E-state index in [0.717, 1.165) is 5.56 Å². The molecule has 1 fully saturated rings. The van der Waals surface area contributed by atoms with Gasteiger partial charge in [0.15, 0.2) is 5.17 Å². The third-order valence-electron chi connectivity index (χ3n) is 3.92. The maximum Gasteiger partial charge on any atom is 0.338 e. The number of amides is 1. The first-order valence-electron chi connectivity index (χ1n) is 7.80. The van der Waals surface area contributed by atoms with Gasteiger partial charge in [-0.25, -0.2) is 9.79 Å². The molecule has 5 nitrogen and oxygen atoms in total. The Balaban J connectivity index is 2.13. The van der Waals surface area contributed by atoms with Gasteiger partial charge >= 0.3 is 5.97 Å². The molecule has 0 aliphatic carbocycles. The molecule has 1 aromatic rings. The molecule has 2 aliphatic rings. The topological polar surface area (TPSA) is 59.0 Å². The second kappa shape index (κ2) is 7.45. The number of amidine groups is 1. The highest BCUT2D eigenvalue weighted by molar-refractivity contribution is 8.14. The highest BCUT2D eigenvalue weighted by Gasteiger charge is 2.41. The van der Waals surface area contributed by atoms with Gasteiger partial charge in [0.05, 0.1) is 17.3 Å². The van der Waals surface area contributed by atoms with Crippen molar-refractivity contribution in [3.8, 4) is 0 Å². The highest BCUT2D eigenvalue weighted by atomic mass is 35.5. The number of thioether (sulfide) groups is 1. The van der Waals surface area contributed by atoms with Crippen molar-refractivity contribution in [1.82, 2.24) is 4.90 Å². The minimum absolute atomic E-state index is 0.0657. The van der Waals surface area contributed by atoms with Crippen LogP contribution in [0, 0.1) is 0 Å². The molecule has 1 amide bonds. The maximum atomic E-state index is 12.6. The molecule has 25 heavy (non-hydrogen) atoms. The number of esters is 1. The van der Waals surface area contributed by atoms with E-state index in [1.807, 2.05) is 6.07 Å². The maximum absolute atomic E-state index is 12.6. The second-order valence-corrected chi connectivity index (χ2v) is 7.10. The van der Waals surface area contributed by atoms with E-state index in [1.54, 1.807) is 30.0 Å². The molecular formula is C18H17ClN2O3S. The summed E-state index contributed by atoms with van der Waals surface area (Å²) in [6.07, 6.45) is 1.90. The number of ether oxygens (including phenoxy) is 1. The van der Waals surface area contributed by atoms with Crippen LogP contribution in [-0.4, -0.2) is 34.3 Å². The van der Waals surface area contributed by atoms with Crippen molar-refractivity contribution >= 4 is 40.4 Å². The van der Waals surface area contributed by atoms with Crippen LogP contribution in [-0.2, 0) is 14.3 Å². The first-order chi connectivity index (χ1) is 12.0. The first-order valence-corrected chi connectivity index (χ1v) is 9.17. The predicted molar refractivity (Wildman–Crippen MR) is 99.4 cm³/mol. The molecule has 0 spiro atoms. The number of hydrogen-bond donors (Lipinski definition) is 0. The molecule has 0 bridgehead atoms. The van der Waals surface area contributed by atoms with E-state index < -0.39 is 12.0 Å². The summed E-state index contributed by atoms with van der Waals surface area (Å²) in [7, 11) is 0. The van der Waals surface area contributed by atoms with Crippen LogP contribution in [0.2, 0.25) is 5.02 Å². The summed E-state index contributed by atoms with van der Waals surface area (Å²) in [4.78, 5) is 31.3. The van der Waals surface area contributed by atoms with Crippen LogP contribution >= 0.6 is 23.4 Å². The van der Waals surface area contributed by atoms with E-state index in [1.165, 1.54) is 17.8 Å². The number of rotatable bonds is 4.